The standard InChI is InChI=1S/C6H10OS2/c1-3-5(7)6(8)4(2)9-3/h3-4,6,8H,1-2H3. The van der Waals surface area contributed by atoms with E-state index in [0.29, 0.717) is 5.25 Å². The smallest absolute Gasteiger partial charge is 0.159 e. The molecule has 3 unspecified atom stereocenters. The van der Waals surface area contributed by atoms with Gasteiger partial charge in [0.25, 0.3) is 0 Å². The van der Waals surface area contributed by atoms with Crippen LogP contribution in [-0.2, 0) is 4.79 Å². The minimum atomic E-state index is -0.0231. The molecule has 0 saturated carbocycles. The van der Waals surface area contributed by atoms with Crippen LogP contribution in [0.2, 0.25) is 0 Å². The van der Waals surface area contributed by atoms with Crippen molar-refractivity contribution in [1.29, 1.82) is 0 Å². The highest BCUT2D eigenvalue weighted by atomic mass is 32.2. The van der Waals surface area contributed by atoms with Crippen LogP contribution in [-0.4, -0.2) is 21.5 Å². The van der Waals surface area contributed by atoms with Crippen molar-refractivity contribution in [3.63, 3.8) is 0 Å². The van der Waals surface area contributed by atoms with E-state index in [1.165, 1.54) is 0 Å². The van der Waals surface area contributed by atoms with E-state index in [2.05, 4.69) is 12.6 Å². The summed E-state index contributed by atoms with van der Waals surface area (Å²) in [4.78, 5) is 11.0. The zero-order valence-electron chi connectivity index (χ0n) is 5.50. The van der Waals surface area contributed by atoms with E-state index in [-0.39, 0.29) is 16.3 Å². The first-order valence-electron chi connectivity index (χ1n) is 3.00. The Hall–Kier alpha value is 0.370. The van der Waals surface area contributed by atoms with Gasteiger partial charge in [0.15, 0.2) is 5.78 Å². The number of rotatable bonds is 0. The third-order valence-electron chi connectivity index (χ3n) is 1.56. The van der Waals surface area contributed by atoms with Crippen LogP contribution in [0, 0.1) is 0 Å². The topological polar surface area (TPSA) is 17.1 Å². The van der Waals surface area contributed by atoms with E-state index in [1.807, 2.05) is 13.8 Å². The van der Waals surface area contributed by atoms with Gasteiger partial charge in [0.2, 0.25) is 0 Å². The van der Waals surface area contributed by atoms with Gasteiger partial charge in [-0.15, -0.1) is 11.8 Å². The van der Waals surface area contributed by atoms with Crippen LogP contribution in [0.5, 0.6) is 0 Å². The van der Waals surface area contributed by atoms with Crippen molar-refractivity contribution in [2.45, 2.75) is 29.6 Å². The lowest BCUT2D eigenvalue weighted by Gasteiger charge is -2.01. The Morgan fingerprint density at radius 3 is 2.22 bits per heavy atom. The monoisotopic (exact) mass is 162 g/mol. The molecule has 0 spiro atoms. The lowest BCUT2D eigenvalue weighted by molar-refractivity contribution is -0.117. The fourth-order valence-electron chi connectivity index (χ4n) is 0.935. The lowest BCUT2D eigenvalue weighted by atomic mass is 10.2. The van der Waals surface area contributed by atoms with Gasteiger partial charge in [0.05, 0.1) is 10.5 Å². The summed E-state index contributed by atoms with van der Waals surface area (Å²) in [7, 11) is 0. The van der Waals surface area contributed by atoms with E-state index in [1.54, 1.807) is 11.8 Å². The Labute approximate surface area is 65.0 Å². The van der Waals surface area contributed by atoms with E-state index < -0.39 is 0 Å². The van der Waals surface area contributed by atoms with E-state index in [0.717, 1.165) is 0 Å². The molecule has 1 saturated heterocycles. The summed E-state index contributed by atoms with van der Waals surface area (Å²) < 4.78 is 0. The van der Waals surface area contributed by atoms with Gasteiger partial charge >= 0.3 is 0 Å². The molecule has 0 aromatic rings. The molecular formula is C6H10OS2. The summed E-state index contributed by atoms with van der Waals surface area (Å²) in [6, 6.07) is 0. The predicted octanol–water partition coefficient (Wildman–Crippen LogP) is 1.38. The van der Waals surface area contributed by atoms with Crippen LogP contribution >= 0.6 is 24.4 Å². The molecule has 0 aromatic carbocycles. The second kappa shape index (κ2) is 2.54. The summed E-state index contributed by atoms with van der Waals surface area (Å²) in [6.07, 6.45) is 0. The molecule has 1 fully saturated rings. The highest BCUT2D eigenvalue weighted by Crippen LogP contribution is 2.33. The molecule has 3 heteroatoms. The maximum Gasteiger partial charge on any atom is 0.159 e. The highest BCUT2D eigenvalue weighted by Gasteiger charge is 2.34. The van der Waals surface area contributed by atoms with E-state index >= 15 is 0 Å². The third-order valence-corrected chi connectivity index (χ3v) is 3.80. The van der Waals surface area contributed by atoms with Crippen LogP contribution in [0.25, 0.3) is 0 Å². The molecule has 1 rings (SSSR count). The van der Waals surface area contributed by atoms with E-state index in [4.69, 9.17) is 0 Å². The van der Waals surface area contributed by atoms with Gasteiger partial charge in [-0.2, -0.15) is 12.6 Å². The zero-order valence-corrected chi connectivity index (χ0v) is 7.21. The molecule has 0 bridgehead atoms. The quantitative estimate of drug-likeness (QED) is 0.542. The van der Waals surface area contributed by atoms with Gasteiger partial charge in [-0.25, -0.2) is 0 Å². The Morgan fingerprint density at radius 1 is 1.56 bits per heavy atom. The number of carbonyl (C=O) groups excluding carboxylic acids is 1. The molecule has 1 nitrogen and oxygen atoms in total. The Kier molecular flexibility index (Phi) is 2.11. The zero-order chi connectivity index (χ0) is 7.02. The van der Waals surface area contributed by atoms with Gasteiger partial charge in [-0.1, -0.05) is 6.92 Å². The van der Waals surface area contributed by atoms with Crippen molar-refractivity contribution < 1.29 is 4.79 Å². The lowest BCUT2D eigenvalue weighted by Crippen LogP contribution is -2.18. The molecule has 3 atom stereocenters. The summed E-state index contributed by atoms with van der Waals surface area (Å²) in [6.45, 7) is 3.99. The van der Waals surface area contributed by atoms with Crippen molar-refractivity contribution in [2.75, 3.05) is 0 Å². The largest absolute Gasteiger partial charge is 0.297 e. The van der Waals surface area contributed by atoms with Crippen molar-refractivity contribution in [3.05, 3.63) is 0 Å². The predicted molar refractivity (Wildman–Crippen MR) is 44.3 cm³/mol. The molecule has 0 aromatic heterocycles. The summed E-state index contributed by atoms with van der Waals surface area (Å²) in [5.41, 5.74) is 0. The van der Waals surface area contributed by atoms with Crippen LogP contribution in [0.1, 0.15) is 13.8 Å². The normalized spacial score (nSPS) is 43.9. The van der Waals surface area contributed by atoms with Crippen LogP contribution in [0.15, 0.2) is 0 Å². The minimum Gasteiger partial charge on any atom is -0.297 e. The highest BCUT2D eigenvalue weighted by molar-refractivity contribution is 8.03. The molecule has 1 aliphatic heterocycles. The Morgan fingerprint density at radius 2 is 2.11 bits per heavy atom. The van der Waals surface area contributed by atoms with Crippen LogP contribution in [0.4, 0.5) is 0 Å². The molecule has 1 heterocycles. The molecule has 0 amide bonds. The van der Waals surface area contributed by atoms with Crippen LogP contribution < -0.4 is 0 Å². The average molecular weight is 162 g/mol. The summed E-state index contributed by atoms with van der Waals surface area (Å²) in [5.74, 6) is 0.288. The average Bonchev–Trinajstić information content (AvgIpc) is 1.98. The Bertz CT molecular complexity index is 135. The third kappa shape index (κ3) is 1.27. The number of ketones is 1. The fraction of sp³-hybridized carbons (Fsp3) is 0.833. The molecule has 1 aliphatic rings. The van der Waals surface area contributed by atoms with Gasteiger partial charge in [0, 0.05) is 5.25 Å². The first-order valence-corrected chi connectivity index (χ1v) is 4.46. The molecule has 0 N–H and O–H groups in total. The SMILES string of the molecule is CC1SC(C)C(S)C1=O. The second-order valence-corrected chi connectivity index (χ2v) is 4.61. The van der Waals surface area contributed by atoms with Gasteiger partial charge < -0.3 is 0 Å². The number of thiol groups is 1. The first-order chi connectivity index (χ1) is 4.13. The number of hydrogen-bond acceptors (Lipinski definition) is 3. The maximum atomic E-state index is 11.0. The summed E-state index contributed by atoms with van der Waals surface area (Å²) >= 11 is 5.88. The van der Waals surface area contributed by atoms with Gasteiger partial charge in [-0.05, 0) is 6.92 Å². The minimum absolute atomic E-state index is 0.0231. The van der Waals surface area contributed by atoms with Crippen molar-refractivity contribution in [3.8, 4) is 0 Å². The Balaban J connectivity index is 2.65. The summed E-state index contributed by atoms with van der Waals surface area (Å²) in [5, 5.41) is 0.545. The maximum absolute atomic E-state index is 11.0. The molecular weight excluding hydrogens is 152 g/mol. The van der Waals surface area contributed by atoms with Crippen molar-refractivity contribution >= 4 is 30.2 Å². The van der Waals surface area contributed by atoms with Gasteiger partial charge in [-0.3, -0.25) is 4.79 Å². The van der Waals surface area contributed by atoms with E-state index in [9.17, 15) is 4.79 Å². The van der Waals surface area contributed by atoms with Crippen LogP contribution in [0.3, 0.4) is 0 Å². The molecule has 9 heavy (non-hydrogen) atoms. The van der Waals surface area contributed by atoms with Crippen molar-refractivity contribution in [2.24, 2.45) is 0 Å². The van der Waals surface area contributed by atoms with Crippen molar-refractivity contribution in [1.82, 2.24) is 0 Å². The first kappa shape index (κ1) is 7.48. The van der Waals surface area contributed by atoms with Gasteiger partial charge in [0.1, 0.15) is 0 Å². The number of thioether (sulfide) groups is 1. The number of hydrogen-bond donors (Lipinski definition) is 1. The molecule has 0 aliphatic carbocycles. The number of Topliss-reactive ketones (excluding diaryl/α,β-unsaturated/α-hetero) is 1. The number of carbonyl (C=O) groups is 1. The second-order valence-electron chi connectivity index (χ2n) is 2.33. The molecule has 0 radical (unpaired) electrons. The molecule has 52 valence electrons. The fourth-order valence-corrected chi connectivity index (χ4v) is 2.68.